The predicted octanol–water partition coefficient (Wildman–Crippen LogP) is 0.617. The molecule has 3 nitrogen and oxygen atoms in total. The number of anilines is 1. The van der Waals surface area contributed by atoms with E-state index in [1.165, 1.54) is 0 Å². The van der Waals surface area contributed by atoms with E-state index in [0.717, 1.165) is 24.1 Å². The van der Waals surface area contributed by atoms with Crippen LogP contribution < -0.4 is 5.32 Å². The molecule has 0 aromatic carbocycles. The van der Waals surface area contributed by atoms with Crippen molar-refractivity contribution >= 4 is 12.0 Å². The van der Waals surface area contributed by atoms with Gasteiger partial charge in [-0.15, -0.1) is 0 Å². The Kier molecular flexibility index (Phi) is 1.35. The van der Waals surface area contributed by atoms with E-state index in [0.29, 0.717) is 0 Å². The van der Waals surface area contributed by atoms with Crippen LogP contribution in [0.3, 0.4) is 0 Å². The summed E-state index contributed by atoms with van der Waals surface area (Å²) in [6.45, 7) is 0. The lowest BCUT2D eigenvalue weighted by Crippen LogP contribution is -2.16. The van der Waals surface area contributed by atoms with Gasteiger partial charge in [0.25, 0.3) is 0 Å². The third kappa shape index (κ3) is 0.981. The van der Waals surface area contributed by atoms with Crippen LogP contribution in [0.1, 0.15) is 5.69 Å². The monoisotopic (exact) mass is 148 g/mol. The van der Waals surface area contributed by atoms with E-state index in [4.69, 9.17) is 0 Å². The zero-order valence-electron chi connectivity index (χ0n) is 5.95. The molecule has 1 aliphatic heterocycles. The first-order valence-corrected chi connectivity index (χ1v) is 3.56. The number of carbonyl (C=O) groups is 1. The van der Waals surface area contributed by atoms with Crippen molar-refractivity contribution in [2.45, 2.75) is 12.5 Å². The highest BCUT2D eigenvalue weighted by Crippen LogP contribution is 2.21. The predicted molar refractivity (Wildman–Crippen MR) is 41.4 cm³/mol. The van der Waals surface area contributed by atoms with Crippen LogP contribution in [0.15, 0.2) is 18.3 Å². The maximum Gasteiger partial charge on any atom is 0.142 e. The molecule has 0 aliphatic carbocycles. The molecule has 0 fully saturated rings. The molecule has 11 heavy (non-hydrogen) atoms. The van der Waals surface area contributed by atoms with Crippen molar-refractivity contribution < 1.29 is 4.79 Å². The van der Waals surface area contributed by atoms with Crippen LogP contribution >= 0.6 is 0 Å². The number of rotatable bonds is 1. The molecule has 1 aliphatic rings. The molecule has 1 atom stereocenters. The Morgan fingerprint density at radius 1 is 1.73 bits per heavy atom. The van der Waals surface area contributed by atoms with E-state index in [1.807, 2.05) is 12.1 Å². The minimum atomic E-state index is -0.0695. The lowest BCUT2D eigenvalue weighted by molar-refractivity contribution is -0.108. The van der Waals surface area contributed by atoms with Gasteiger partial charge in [-0.2, -0.15) is 0 Å². The molecule has 2 heterocycles. The molecule has 1 aromatic rings. The molecular weight excluding hydrogens is 140 g/mol. The van der Waals surface area contributed by atoms with E-state index in [9.17, 15) is 4.79 Å². The molecule has 0 radical (unpaired) electrons. The summed E-state index contributed by atoms with van der Waals surface area (Å²) >= 11 is 0. The van der Waals surface area contributed by atoms with Gasteiger partial charge >= 0.3 is 0 Å². The minimum Gasteiger partial charge on any atom is -0.374 e. The number of fused-ring (bicyclic) bond motifs is 1. The normalized spacial score (nSPS) is 20.5. The van der Waals surface area contributed by atoms with Crippen molar-refractivity contribution in [1.29, 1.82) is 0 Å². The Morgan fingerprint density at radius 2 is 2.64 bits per heavy atom. The van der Waals surface area contributed by atoms with Crippen molar-refractivity contribution in [1.82, 2.24) is 4.98 Å². The summed E-state index contributed by atoms with van der Waals surface area (Å²) in [4.78, 5) is 14.5. The lowest BCUT2D eigenvalue weighted by atomic mass is 10.2. The summed E-state index contributed by atoms with van der Waals surface area (Å²) in [6, 6.07) is 3.73. The van der Waals surface area contributed by atoms with Crippen LogP contribution in [0.2, 0.25) is 0 Å². The highest BCUT2D eigenvalue weighted by atomic mass is 16.1. The summed E-state index contributed by atoms with van der Waals surface area (Å²) < 4.78 is 0. The SMILES string of the molecule is O=CC1Cc2ncccc2N1. The largest absolute Gasteiger partial charge is 0.374 e. The number of aldehydes is 1. The second kappa shape index (κ2) is 2.34. The molecule has 3 heteroatoms. The van der Waals surface area contributed by atoms with Gasteiger partial charge in [-0.3, -0.25) is 4.98 Å². The lowest BCUT2D eigenvalue weighted by Gasteiger charge is -1.98. The third-order valence-corrected chi connectivity index (χ3v) is 1.81. The van der Waals surface area contributed by atoms with Gasteiger partial charge < -0.3 is 10.1 Å². The molecule has 0 spiro atoms. The number of nitrogens with one attached hydrogen (secondary N) is 1. The number of hydrogen-bond donors (Lipinski definition) is 1. The molecule has 1 aromatic heterocycles. The smallest absolute Gasteiger partial charge is 0.142 e. The summed E-state index contributed by atoms with van der Waals surface area (Å²) in [5.41, 5.74) is 1.98. The van der Waals surface area contributed by atoms with Crippen LogP contribution in [0.5, 0.6) is 0 Å². The van der Waals surface area contributed by atoms with Crippen LogP contribution in [-0.2, 0) is 11.2 Å². The molecule has 0 bridgehead atoms. The van der Waals surface area contributed by atoms with Gasteiger partial charge in [-0.1, -0.05) is 0 Å². The molecule has 1 unspecified atom stereocenters. The second-order valence-corrected chi connectivity index (χ2v) is 2.59. The fourth-order valence-electron chi connectivity index (χ4n) is 1.27. The molecule has 0 saturated heterocycles. The van der Waals surface area contributed by atoms with Crippen molar-refractivity contribution in [3.8, 4) is 0 Å². The number of pyridine rings is 1. The Bertz CT molecular complexity index is 260. The zero-order valence-corrected chi connectivity index (χ0v) is 5.95. The summed E-state index contributed by atoms with van der Waals surface area (Å²) in [5.74, 6) is 0. The average molecular weight is 148 g/mol. The zero-order chi connectivity index (χ0) is 7.68. The molecule has 56 valence electrons. The summed E-state index contributed by atoms with van der Waals surface area (Å²) in [7, 11) is 0. The van der Waals surface area contributed by atoms with E-state index in [-0.39, 0.29) is 6.04 Å². The van der Waals surface area contributed by atoms with Crippen molar-refractivity contribution in [3.63, 3.8) is 0 Å². The highest BCUT2D eigenvalue weighted by molar-refractivity contribution is 5.70. The topological polar surface area (TPSA) is 42.0 Å². The molecule has 1 N–H and O–H groups in total. The Hall–Kier alpha value is -1.38. The van der Waals surface area contributed by atoms with Gasteiger partial charge in [0.2, 0.25) is 0 Å². The van der Waals surface area contributed by atoms with Gasteiger partial charge in [-0.05, 0) is 12.1 Å². The van der Waals surface area contributed by atoms with Crippen molar-refractivity contribution in [3.05, 3.63) is 24.0 Å². The van der Waals surface area contributed by atoms with E-state index in [1.54, 1.807) is 6.20 Å². The molecule has 2 rings (SSSR count). The molecule has 0 saturated carbocycles. The van der Waals surface area contributed by atoms with Gasteiger partial charge in [0, 0.05) is 12.6 Å². The first kappa shape index (κ1) is 6.34. The number of nitrogens with zero attached hydrogens (tertiary/aromatic N) is 1. The number of aromatic nitrogens is 1. The maximum atomic E-state index is 10.4. The van der Waals surface area contributed by atoms with Crippen LogP contribution in [-0.4, -0.2) is 17.3 Å². The Balaban J connectivity index is 2.33. The van der Waals surface area contributed by atoms with Gasteiger partial charge in [0.1, 0.15) is 6.29 Å². The second-order valence-electron chi connectivity index (χ2n) is 2.59. The highest BCUT2D eigenvalue weighted by Gasteiger charge is 2.19. The Morgan fingerprint density at radius 3 is 3.36 bits per heavy atom. The fraction of sp³-hybridized carbons (Fsp3) is 0.250. The molecule has 0 amide bonds. The first-order chi connectivity index (χ1) is 5.40. The van der Waals surface area contributed by atoms with E-state index in [2.05, 4.69) is 10.3 Å². The quantitative estimate of drug-likeness (QED) is 0.593. The third-order valence-electron chi connectivity index (χ3n) is 1.81. The van der Waals surface area contributed by atoms with Gasteiger partial charge in [0.05, 0.1) is 17.4 Å². The standard InChI is InChI=1S/C8H8N2O/c11-5-6-4-8-7(10-6)2-1-3-9-8/h1-3,5-6,10H,4H2. The summed E-state index contributed by atoms with van der Waals surface area (Å²) in [6.07, 6.45) is 3.38. The van der Waals surface area contributed by atoms with Crippen molar-refractivity contribution in [2.24, 2.45) is 0 Å². The number of carbonyl (C=O) groups excluding carboxylic acids is 1. The first-order valence-electron chi connectivity index (χ1n) is 3.56. The summed E-state index contributed by atoms with van der Waals surface area (Å²) in [5, 5.41) is 3.05. The number of hydrogen-bond acceptors (Lipinski definition) is 3. The van der Waals surface area contributed by atoms with E-state index >= 15 is 0 Å². The van der Waals surface area contributed by atoms with Crippen LogP contribution in [0, 0.1) is 0 Å². The average Bonchev–Trinajstić information content (AvgIpc) is 2.46. The van der Waals surface area contributed by atoms with Crippen LogP contribution in [0.25, 0.3) is 0 Å². The minimum absolute atomic E-state index is 0.0695. The fourth-order valence-corrected chi connectivity index (χ4v) is 1.27. The van der Waals surface area contributed by atoms with Gasteiger partial charge in [-0.25, -0.2) is 0 Å². The molecular formula is C8H8N2O. The van der Waals surface area contributed by atoms with Gasteiger partial charge in [0.15, 0.2) is 0 Å². The maximum absolute atomic E-state index is 10.4. The van der Waals surface area contributed by atoms with Crippen LogP contribution in [0.4, 0.5) is 5.69 Å². The van der Waals surface area contributed by atoms with E-state index < -0.39 is 0 Å². The van der Waals surface area contributed by atoms with Crippen molar-refractivity contribution in [2.75, 3.05) is 5.32 Å². The Labute approximate surface area is 64.5 Å².